The number of ketones is 1. The molecule has 0 aliphatic heterocycles. The summed E-state index contributed by atoms with van der Waals surface area (Å²) in [6, 6.07) is 0. The van der Waals surface area contributed by atoms with Crippen molar-refractivity contribution in [2.24, 2.45) is 23.2 Å². The molecule has 2 rings (SSSR count). The van der Waals surface area contributed by atoms with Gasteiger partial charge in [-0.15, -0.1) is 0 Å². The lowest BCUT2D eigenvalue weighted by atomic mass is 9.78. The van der Waals surface area contributed by atoms with E-state index in [9.17, 15) is 4.79 Å². The summed E-state index contributed by atoms with van der Waals surface area (Å²) in [6.07, 6.45) is 5.83. The summed E-state index contributed by atoms with van der Waals surface area (Å²) < 4.78 is 0. The Kier molecular flexibility index (Phi) is 2.45. The lowest BCUT2D eigenvalue weighted by molar-refractivity contribution is -0.122. The minimum Gasteiger partial charge on any atom is -0.299 e. The summed E-state index contributed by atoms with van der Waals surface area (Å²) in [5.41, 5.74) is 0.290. The maximum Gasteiger partial charge on any atom is 0.136 e. The third-order valence-electron chi connectivity index (χ3n) is 4.48. The molecule has 3 unspecified atom stereocenters. The van der Waals surface area contributed by atoms with E-state index in [2.05, 4.69) is 20.8 Å². The first kappa shape index (κ1) is 10.2. The fourth-order valence-corrected chi connectivity index (χ4v) is 3.08. The molecule has 0 spiro atoms. The predicted molar refractivity (Wildman–Crippen MR) is 58.0 cm³/mol. The summed E-state index contributed by atoms with van der Waals surface area (Å²) >= 11 is 0. The molecule has 0 amide bonds. The Morgan fingerprint density at radius 2 is 2.07 bits per heavy atom. The Morgan fingerprint density at radius 3 is 2.50 bits per heavy atom. The van der Waals surface area contributed by atoms with Crippen LogP contribution in [-0.4, -0.2) is 5.78 Å². The van der Waals surface area contributed by atoms with Crippen molar-refractivity contribution in [2.45, 2.75) is 52.9 Å². The van der Waals surface area contributed by atoms with Crippen LogP contribution in [0.2, 0.25) is 0 Å². The van der Waals surface area contributed by atoms with Crippen LogP contribution in [0.15, 0.2) is 0 Å². The number of Topliss-reactive ketones (excluding diaryl/α,β-unsaturated/α-hetero) is 1. The highest BCUT2D eigenvalue weighted by atomic mass is 16.1. The molecule has 0 radical (unpaired) electrons. The van der Waals surface area contributed by atoms with Gasteiger partial charge in [-0.2, -0.15) is 0 Å². The van der Waals surface area contributed by atoms with Crippen LogP contribution in [-0.2, 0) is 4.79 Å². The van der Waals surface area contributed by atoms with E-state index in [-0.39, 0.29) is 5.41 Å². The van der Waals surface area contributed by atoms with E-state index < -0.39 is 0 Å². The highest BCUT2D eigenvalue weighted by Crippen LogP contribution is 2.51. The summed E-state index contributed by atoms with van der Waals surface area (Å²) in [5.74, 6) is 2.74. The number of hydrogen-bond acceptors (Lipinski definition) is 1. The van der Waals surface area contributed by atoms with Crippen molar-refractivity contribution < 1.29 is 4.79 Å². The molecule has 0 heterocycles. The zero-order valence-corrected chi connectivity index (χ0v) is 9.68. The quantitative estimate of drug-likeness (QED) is 0.672. The molecule has 14 heavy (non-hydrogen) atoms. The van der Waals surface area contributed by atoms with E-state index in [1.807, 2.05) is 0 Å². The zero-order chi connectivity index (χ0) is 10.3. The number of rotatable bonds is 3. The van der Waals surface area contributed by atoms with Crippen LogP contribution in [0.1, 0.15) is 52.9 Å². The van der Waals surface area contributed by atoms with Gasteiger partial charge in [-0.05, 0) is 36.5 Å². The third kappa shape index (κ3) is 1.74. The lowest BCUT2D eigenvalue weighted by Gasteiger charge is -2.25. The predicted octanol–water partition coefficient (Wildman–Crippen LogP) is 3.43. The second kappa shape index (κ2) is 3.36. The number of hydrogen-bond donors (Lipinski definition) is 0. The molecule has 2 aliphatic carbocycles. The van der Waals surface area contributed by atoms with Crippen LogP contribution in [0.25, 0.3) is 0 Å². The second-order valence-electron chi connectivity index (χ2n) is 5.91. The van der Waals surface area contributed by atoms with E-state index in [1.165, 1.54) is 19.3 Å². The van der Waals surface area contributed by atoms with Crippen LogP contribution in [0.3, 0.4) is 0 Å². The molecule has 0 bridgehead atoms. The van der Waals surface area contributed by atoms with Crippen molar-refractivity contribution in [1.82, 2.24) is 0 Å². The minimum atomic E-state index is 0.290. The van der Waals surface area contributed by atoms with Gasteiger partial charge in [0.1, 0.15) is 5.78 Å². The van der Waals surface area contributed by atoms with Gasteiger partial charge >= 0.3 is 0 Å². The van der Waals surface area contributed by atoms with E-state index >= 15 is 0 Å². The Balaban J connectivity index is 1.93. The first-order chi connectivity index (χ1) is 6.54. The van der Waals surface area contributed by atoms with Crippen LogP contribution in [0, 0.1) is 23.2 Å². The smallest absolute Gasteiger partial charge is 0.136 e. The van der Waals surface area contributed by atoms with E-state index in [0.29, 0.717) is 11.7 Å². The Bertz CT molecular complexity index is 242. The molecule has 2 fully saturated rings. The Morgan fingerprint density at radius 1 is 1.36 bits per heavy atom. The standard InChI is InChI=1S/C13H22O/c1-4-9-7-10(9)8-11-12(14)5-6-13(11,2)3/h9-11H,4-8H2,1-3H3. The van der Waals surface area contributed by atoms with Gasteiger partial charge in [0, 0.05) is 12.3 Å². The molecular formula is C13H22O. The third-order valence-corrected chi connectivity index (χ3v) is 4.48. The summed E-state index contributed by atoms with van der Waals surface area (Å²) in [5, 5.41) is 0. The molecule has 0 aromatic carbocycles. The average molecular weight is 194 g/mol. The van der Waals surface area contributed by atoms with Crippen molar-refractivity contribution in [3.63, 3.8) is 0 Å². The number of carbonyl (C=O) groups is 1. The van der Waals surface area contributed by atoms with Crippen LogP contribution in [0.4, 0.5) is 0 Å². The lowest BCUT2D eigenvalue weighted by Crippen LogP contribution is -2.22. The number of carbonyl (C=O) groups excluding carboxylic acids is 1. The minimum absolute atomic E-state index is 0.290. The van der Waals surface area contributed by atoms with Crippen molar-refractivity contribution in [3.05, 3.63) is 0 Å². The fraction of sp³-hybridized carbons (Fsp3) is 0.923. The first-order valence-corrected chi connectivity index (χ1v) is 6.07. The summed E-state index contributed by atoms with van der Waals surface area (Å²) in [4.78, 5) is 11.7. The topological polar surface area (TPSA) is 17.1 Å². The molecular weight excluding hydrogens is 172 g/mol. The molecule has 0 aromatic rings. The highest BCUT2D eigenvalue weighted by Gasteiger charge is 2.46. The largest absolute Gasteiger partial charge is 0.299 e. The molecule has 0 saturated heterocycles. The van der Waals surface area contributed by atoms with E-state index in [4.69, 9.17) is 0 Å². The van der Waals surface area contributed by atoms with E-state index in [1.54, 1.807) is 0 Å². The van der Waals surface area contributed by atoms with Gasteiger partial charge in [0.2, 0.25) is 0 Å². The van der Waals surface area contributed by atoms with Gasteiger partial charge in [0.15, 0.2) is 0 Å². The molecule has 0 N–H and O–H groups in total. The van der Waals surface area contributed by atoms with Crippen LogP contribution >= 0.6 is 0 Å². The van der Waals surface area contributed by atoms with Gasteiger partial charge in [0.05, 0.1) is 0 Å². The molecule has 2 aliphatic rings. The van der Waals surface area contributed by atoms with Gasteiger partial charge in [-0.1, -0.05) is 27.2 Å². The van der Waals surface area contributed by atoms with E-state index in [0.717, 1.165) is 24.7 Å². The summed E-state index contributed by atoms with van der Waals surface area (Å²) in [7, 11) is 0. The summed E-state index contributed by atoms with van der Waals surface area (Å²) in [6.45, 7) is 6.81. The van der Waals surface area contributed by atoms with Crippen molar-refractivity contribution >= 4 is 5.78 Å². The van der Waals surface area contributed by atoms with Crippen LogP contribution in [0.5, 0.6) is 0 Å². The van der Waals surface area contributed by atoms with Gasteiger partial charge in [0.25, 0.3) is 0 Å². The van der Waals surface area contributed by atoms with Gasteiger partial charge in [-0.25, -0.2) is 0 Å². The van der Waals surface area contributed by atoms with Gasteiger partial charge in [-0.3, -0.25) is 4.79 Å². The SMILES string of the molecule is CCC1CC1CC1C(=O)CCC1(C)C. The molecule has 1 heteroatoms. The second-order valence-corrected chi connectivity index (χ2v) is 5.91. The van der Waals surface area contributed by atoms with Gasteiger partial charge < -0.3 is 0 Å². The van der Waals surface area contributed by atoms with Crippen molar-refractivity contribution in [2.75, 3.05) is 0 Å². The Hall–Kier alpha value is -0.330. The van der Waals surface area contributed by atoms with Crippen LogP contribution < -0.4 is 0 Å². The molecule has 0 aromatic heterocycles. The normalized spacial score (nSPS) is 40.2. The van der Waals surface area contributed by atoms with Crippen molar-refractivity contribution in [1.29, 1.82) is 0 Å². The van der Waals surface area contributed by atoms with Crippen molar-refractivity contribution in [3.8, 4) is 0 Å². The maximum absolute atomic E-state index is 11.7. The monoisotopic (exact) mass is 194 g/mol. The molecule has 80 valence electrons. The zero-order valence-electron chi connectivity index (χ0n) is 9.68. The molecule has 1 nitrogen and oxygen atoms in total. The average Bonchev–Trinajstić information content (AvgIpc) is 2.83. The Labute approximate surface area is 87.3 Å². The first-order valence-electron chi connectivity index (χ1n) is 6.07. The fourth-order valence-electron chi connectivity index (χ4n) is 3.08. The molecule has 3 atom stereocenters. The highest BCUT2D eigenvalue weighted by molar-refractivity contribution is 5.84. The molecule has 2 saturated carbocycles. The maximum atomic E-state index is 11.7.